The molecule has 3 N–H and O–H groups in total. The Balaban J connectivity index is 1.78. The highest BCUT2D eigenvalue weighted by atomic mass is 32.2. The van der Waals surface area contributed by atoms with Crippen molar-refractivity contribution in [2.24, 2.45) is 5.14 Å². The van der Waals surface area contributed by atoms with Crippen LogP contribution in [0.4, 0.5) is 0 Å². The molecule has 0 aromatic heterocycles. The number of sulfonamides is 1. The lowest BCUT2D eigenvalue weighted by Gasteiger charge is -2.25. The van der Waals surface area contributed by atoms with E-state index in [0.29, 0.717) is 0 Å². The minimum Gasteiger partial charge on any atom is -0.493 e. The maximum absolute atomic E-state index is 12.1. The van der Waals surface area contributed by atoms with E-state index in [0.717, 1.165) is 67.8 Å². The van der Waals surface area contributed by atoms with Crippen molar-refractivity contribution in [3.63, 3.8) is 0 Å². The van der Waals surface area contributed by atoms with Gasteiger partial charge in [-0.2, -0.15) is 0 Å². The molecule has 1 saturated heterocycles. The fraction of sp³-hybridized carbons (Fsp3) is 0.400. The topological polar surface area (TPSA) is 81.4 Å². The minimum atomic E-state index is -3.74. The zero-order valence-electron chi connectivity index (χ0n) is 14.7. The molecule has 4 rings (SSSR count). The van der Waals surface area contributed by atoms with Crippen LogP contribution in [0, 0.1) is 0 Å². The van der Waals surface area contributed by atoms with Gasteiger partial charge in [-0.05, 0) is 91.2 Å². The van der Waals surface area contributed by atoms with Crippen molar-refractivity contribution in [1.82, 2.24) is 5.32 Å². The van der Waals surface area contributed by atoms with Crippen LogP contribution < -0.4 is 15.2 Å². The number of primary sulfonamides is 1. The number of aryl methyl sites for hydroxylation is 1. The van der Waals surface area contributed by atoms with Crippen LogP contribution in [0.25, 0.3) is 11.1 Å². The van der Waals surface area contributed by atoms with Gasteiger partial charge in [0, 0.05) is 0 Å². The van der Waals surface area contributed by atoms with E-state index >= 15 is 0 Å². The van der Waals surface area contributed by atoms with Crippen molar-refractivity contribution >= 4 is 10.0 Å². The SMILES string of the molecule is NS(=O)(=O)c1ccc(-c2ccc3c(c2)CCCO3)cc1C1CCNCC1. The smallest absolute Gasteiger partial charge is 0.238 e. The van der Waals surface area contributed by atoms with Crippen LogP contribution in [0.5, 0.6) is 5.75 Å². The predicted molar refractivity (Wildman–Crippen MR) is 102 cm³/mol. The summed E-state index contributed by atoms with van der Waals surface area (Å²) in [6, 6.07) is 11.8. The van der Waals surface area contributed by atoms with Crippen molar-refractivity contribution in [3.8, 4) is 16.9 Å². The number of hydrogen-bond acceptors (Lipinski definition) is 4. The van der Waals surface area contributed by atoms with Gasteiger partial charge in [0.05, 0.1) is 11.5 Å². The lowest BCUT2D eigenvalue weighted by molar-refractivity contribution is 0.288. The van der Waals surface area contributed by atoms with E-state index in [1.165, 1.54) is 5.56 Å². The van der Waals surface area contributed by atoms with Crippen LogP contribution in [0.3, 0.4) is 0 Å². The molecule has 1 fully saturated rings. The molecule has 5 nitrogen and oxygen atoms in total. The van der Waals surface area contributed by atoms with Gasteiger partial charge in [0.1, 0.15) is 5.75 Å². The highest BCUT2D eigenvalue weighted by Gasteiger charge is 2.23. The van der Waals surface area contributed by atoms with Crippen LogP contribution >= 0.6 is 0 Å². The molecule has 2 aliphatic heterocycles. The maximum atomic E-state index is 12.1. The monoisotopic (exact) mass is 372 g/mol. The van der Waals surface area contributed by atoms with Gasteiger partial charge in [-0.15, -0.1) is 0 Å². The zero-order chi connectivity index (χ0) is 18.1. The molecule has 0 unspecified atom stereocenters. The number of hydrogen-bond donors (Lipinski definition) is 2. The summed E-state index contributed by atoms with van der Waals surface area (Å²) < 4.78 is 29.9. The van der Waals surface area contributed by atoms with Crippen LogP contribution in [0.1, 0.15) is 36.3 Å². The summed E-state index contributed by atoms with van der Waals surface area (Å²) in [5.74, 6) is 1.17. The van der Waals surface area contributed by atoms with Gasteiger partial charge in [0.25, 0.3) is 0 Å². The molecule has 0 bridgehead atoms. The predicted octanol–water partition coefficient (Wildman–Crippen LogP) is 2.79. The summed E-state index contributed by atoms with van der Waals surface area (Å²) in [4.78, 5) is 0.259. The number of fused-ring (bicyclic) bond motifs is 1. The Morgan fingerprint density at radius 3 is 2.54 bits per heavy atom. The van der Waals surface area contributed by atoms with E-state index in [1.54, 1.807) is 6.07 Å². The molecule has 0 atom stereocenters. The van der Waals surface area contributed by atoms with Gasteiger partial charge in [-0.1, -0.05) is 12.1 Å². The van der Waals surface area contributed by atoms with Crippen LogP contribution in [0.2, 0.25) is 0 Å². The second kappa shape index (κ2) is 7.02. The third-order valence-electron chi connectivity index (χ3n) is 5.34. The molecule has 2 aliphatic rings. The highest BCUT2D eigenvalue weighted by Crippen LogP contribution is 2.35. The van der Waals surface area contributed by atoms with E-state index in [9.17, 15) is 8.42 Å². The summed E-state index contributed by atoms with van der Waals surface area (Å²) in [7, 11) is -3.74. The normalized spacial score (nSPS) is 18.2. The summed E-state index contributed by atoms with van der Waals surface area (Å²) in [6.45, 7) is 2.57. The highest BCUT2D eigenvalue weighted by molar-refractivity contribution is 7.89. The van der Waals surface area contributed by atoms with Crippen molar-refractivity contribution < 1.29 is 13.2 Å². The first-order valence-electron chi connectivity index (χ1n) is 9.16. The van der Waals surface area contributed by atoms with Gasteiger partial charge in [0.15, 0.2) is 0 Å². The molecule has 0 aliphatic carbocycles. The van der Waals surface area contributed by atoms with E-state index in [4.69, 9.17) is 9.88 Å². The lowest BCUT2D eigenvalue weighted by atomic mass is 9.88. The number of nitrogens with one attached hydrogen (secondary N) is 1. The molecule has 26 heavy (non-hydrogen) atoms. The third-order valence-corrected chi connectivity index (χ3v) is 6.32. The average Bonchev–Trinajstić information content (AvgIpc) is 2.67. The van der Waals surface area contributed by atoms with Crippen molar-refractivity contribution in [1.29, 1.82) is 0 Å². The van der Waals surface area contributed by atoms with E-state index in [1.807, 2.05) is 24.3 Å². The first-order valence-corrected chi connectivity index (χ1v) is 10.7. The Morgan fingerprint density at radius 1 is 1.04 bits per heavy atom. The van der Waals surface area contributed by atoms with Crippen molar-refractivity contribution in [2.75, 3.05) is 19.7 Å². The number of piperidine rings is 1. The molecule has 0 amide bonds. The van der Waals surface area contributed by atoms with Gasteiger partial charge in [0.2, 0.25) is 10.0 Å². The molecule has 0 saturated carbocycles. The quantitative estimate of drug-likeness (QED) is 0.868. The molecule has 2 heterocycles. The number of benzene rings is 2. The van der Waals surface area contributed by atoms with Crippen molar-refractivity contribution in [2.45, 2.75) is 36.5 Å². The molecule has 138 valence electrons. The fourth-order valence-electron chi connectivity index (χ4n) is 3.98. The maximum Gasteiger partial charge on any atom is 0.238 e. The second-order valence-corrected chi connectivity index (χ2v) is 8.63. The Kier molecular flexibility index (Phi) is 4.73. The van der Waals surface area contributed by atoms with Gasteiger partial charge >= 0.3 is 0 Å². The second-order valence-electron chi connectivity index (χ2n) is 7.10. The summed E-state index contributed by atoms with van der Waals surface area (Å²) in [5, 5.41) is 8.81. The third kappa shape index (κ3) is 3.49. The number of nitrogens with two attached hydrogens (primary N) is 1. The Labute approximate surface area is 154 Å². The lowest BCUT2D eigenvalue weighted by Crippen LogP contribution is -2.28. The Bertz CT molecular complexity index is 919. The molecule has 6 heteroatoms. The summed E-state index contributed by atoms with van der Waals surface area (Å²) >= 11 is 0. The van der Waals surface area contributed by atoms with Crippen LogP contribution in [-0.4, -0.2) is 28.1 Å². The van der Waals surface area contributed by atoms with E-state index < -0.39 is 10.0 Å². The van der Waals surface area contributed by atoms with Crippen LogP contribution in [-0.2, 0) is 16.4 Å². The summed E-state index contributed by atoms with van der Waals surface area (Å²) in [6.07, 6.45) is 3.88. The molecule has 2 aromatic carbocycles. The largest absolute Gasteiger partial charge is 0.493 e. The average molecular weight is 372 g/mol. The minimum absolute atomic E-state index is 0.213. The molecule has 0 spiro atoms. The first kappa shape index (κ1) is 17.5. The standard InChI is InChI=1S/C20H24N2O3S/c21-26(23,24)20-6-4-16(13-18(20)14-7-9-22-10-8-14)15-3-5-19-17(12-15)2-1-11-25-19/h3-6,12-14,22H,1-2,7-11H2,(H2,21,23,24). The molecule has 0 radical (unpaired) electrons. The molecule has 2 aromatic rings. The number of ether oxygens (including phenoxy) is 1. The van der Waals surface area contributed by atoms with Crippen LogP contribution in [0.15, 0.2) is 41.3 Å². The fourth-order valence-corrected chi connectivity index (χ4v) is 4.79. The van der Waals surface area contributed by atoms with Gasteiger partial charge in [-0.3, -0.25) is 0 Å². The van der Waals surface area contributed by atoms with Gasteiger partial charge < -0.3 is 10.1 Å². The van der Waals surface area contributed by atoms with Crippen molar-refractivity contribution in [3.05, 3.63) is 47.5 Å². The first-order chi connectivity index (χ1) is 12.5. The zero-order valence-corrected chi connectivity index (χ0v) is 15.5. The Hall–Kier alpha value is -1.89. The van der Waals surface area contributed by atoms with E-state index in [-0.39, 0.29) is 10.8 Å². The molecular weight excluding hydrogens is 348 g/mol. The molecular formula is C20H24N2O3S. The van der Waals surface area contributed by atoms with E-state index in [2.05, 4.69) is 11.4 Å². The Morgan fingerprint density at radius 2 is 1.77 bits per heavy atom. The number of rotatable bonds is 3. The summed E-state index contributed by atoms with van der Waals surface area (Å²) in [5.41, 5.74) is 4.18. The van der Waals surface area contributed by atoms with Gasteiger partial charge in [-0.25, -0.2) is 13.6 Å².